The summed E-state index contributed by atoms with van der Waals surface area (Å²) in [5.41, 5.74) is 7.16. The molecule has 0 fully saturated rings. The Hall–Kier alpha value is -2.25. The van der Waals surface area contributed by atoms with Crippen molar-refractivity contribution in [2.45, 2.75) is 30.1 Å². The SMILES string of the molecule is CCN(CCC(=O)OC)c1cccc(C)c1S(=O)(=O)c1ccc(N)c(Cl)c1. The molecule has 146 valence electrons. The lowest BCUT2D eigenvalue weighted by atomic mass is 10.2. The third-order valence-corrected chi connectivity index (χ3v) is 6.55. The van der Waals surface area contributed by atoms with Crippen LogP contribution in [0.15, 0.2) is 46.2 Å². The number of benzene rings is 2. The van der Waals surface area contributed by atoms with Crippen LogP contribution in [-0.4, -0.2) is 34.6 Å². The van der Waals surface area contributed by atoms with Crippen molar-refractivity contribution < 1.29 is 17.9 Å². The quantitative estimate of drug-likeness (QED) is 0.555. The molecule has 2 rings (SSSR count). The standard InChI is InChI=1S/C19H23ClN2O4S/c1-4-22(11-10-18(23)26-3)17-7-5-6-13(2)19(17)27(24,25)14-8-9-16(21)15(20)12-14/h5-9,12H,4,10-11,21H2,1-3H3. The van der Waals surface area contributed by atoms with Gasteiger partial charge < -0.3 is 15.4 Å². The Kier molecular flexibility index (Phi) is 6.73. The molecule has 0 amide bonds. The van der Waals surface area contributed by atoms with Crippen LogP contribution in [0.5, 0.6) is 0 Å². The van der Waals surface area contributed by atoms with E-state index in [0.717, 1.165) is 0 Å². The molecule has 0 atom stereocenters. The van der Waals surface area contributed by atoms with Crippen molar-refractivity contribution in [3.63, 3.8) is 0 Å². The van der Waals surface area contributed by atoms with E-state index in [1.165, 1.54) is 25.3 Å². The number of nitrogens with two attached hydrogens (primary N) is 1. The van der Waals surface area contributed by atoms with E-state index in [1.807, 2.05) is 11.8 Å². The van der Waals surface area contributed by atoms with Gasteiger partial charge in [0.25, 0.3) is 0 Å². The Bertz CT molecular complexity index is 945. The summed E-state index contributed by atoms with van der Waals surface area (Å²) in [7, 11) is -2.51. The van der Waals surface area contributed by atoms with Crippen LogP contribution in [0.3, 0.4) is 0 Å². The molecule has 8 heteroatoms. The summed E-state index contributed by atoms with van der Waals surface area (Å²) in [5, 5.41) is 0.184. The maximum Gasteiger partial charge on any atom is 0.307 e. The second-order valence-electron chi connectivity index (χ2n) is 6.02. The number of aryl methyl sites for hydroxylation is 1. The zero-order chi connectivity index (χ0) is 20.2. The van der Waals surface area contributed by atoms with E-state index in [-0.39, 0.29) is 27.2 Å². The summed E-state index contributed by atoms with van der Waals surface area (Å²) < 4.78 is 31.4. The highest BCUT2D eigenvalue weighted by molar-refractivity contribution is 7.91. The van der Waals surface area contributed by atoms with Gasteiger partial charge in [-0.25, -0.2) is 8.42 Å². The molecule has 0 saturated carbocycles. The summed E-state index contributed by atoms with van der Waals surface area (Å²) in [6.45, 7) is 4.52. The molecular formula is C19H23ClN2O4S. The Morgan fingerprint density at radius 1 is 1.26 bits per heavy atom. The third-order valence-electron chi connectivity index (χ3n) is 4.28. The predicted molar refractivity (Wildman–Crippen MR) is 107 cm³/mol. The number of rotatable bonds is 7. The highest BCUT2D eigenvalue weighted by Gasteiger charge is 2.26. The molecule has 0 bridgehead atoms. The molecule has 2 N–H and O–H groups in total. The minimum atomic E-state index is -3.84. The number of ether oxygens (including phenoxy) is 1. The number of carbonyl (C=O) groups excluding carboxylic acids is 1. The number of nitrogens with zero attached hydrogens (tertiary/aromatic N) is 1. The van der Waals surface area contributed by atoms with Gasteiger partial charge in [-0.3, -0.25) is 4.79 Å². The van der Waals surface area contributed by atoms with Crippen molar-refractivity contribution in [1.29, 1.82) is 0 Å². The first kappa shape index (κ1) is 21.1. The van der Waals surface area contributed by atoms with Crippen LogP contribution in [-0.2, 0) is 19.4 Å². The van der Waals surface area contributed by atoms with E-state index in [2.05, 4.69) is 4.74 Å². The fraction of sp³-hybridized carbons (Fsp3) is 0.316. The number of methoxy groups -OCH3 is 1. The fourth-order valence-corrected chi connectivity index (χ4v) is 4.77. The van der Waals surface area contributed by atoms with Gasteiger partial charge in [0.2, 0.25) is 9.84 Å². The van der Waals surface area contributed by atoms with Crippen molar-refractivity contribution in [3.8, 4) is 0 Å². The molecule has 0 heterocycles. The number of halogens is 1. The summed E-state index contributed by atoms with van der Waals surface area (Å²) in [5.74, 6) is -0.351. The van der Waals surface area contributed by atoms with Crippen molar-refractivity contribution in [2.24, 2.45) is 0 Å². The zero-order valence-corrected chi connectivity index (χ0v) is 17.1. The van der Waals surface area contributed by atoms with Gasteiger partial charge in [-0.1, -0.05) is 23.7 Å². The Morgan fingerprint density at radius 2 is 1.96 bits per heavy atom. The van der Waals surface area contributed by atoms with Gasteiger partial charge in [0.15, 0.2) is 0 Å². The highest BCUT2D eigenvalue weighted by Crippen LogP contribution is 2.35. The maximum absolute atomic E-state index is 13.3. The van der Waals surface area contributed by atoms with Crippen LogP contribution in [0.2, 0.25) is 5.02 Å². The third kappa shape index (κ3) is 4.54. The minimum absolute atomic E-state index is 0.0706. The van der Waals surface area contributed by atoms with E-state index < -0.39 is 9.84 Å². The maximum atomic E-state index is 13.3. The lowest BCUT2D eigenvalue weighted by molar-refractivity contribution is -0.140. The van der Waals surface area contributed by atoms with Crippen LogP contribution in [0.25, 0.3) is 0 Å². The lowest BCUT2D eigenvalue weighted by Crippen LogP contribution is -2.28. The Morgan fingerprint density at radius 3 is 2.56 bits per heavy atom. The van der Waals surface area contributed by atoms with E-state index in [9.17, 15) is 13.2 Å². The minimum Gasteiger partial charge on any atom is -0.469 e. The molecular weight excluding hydrogens is 388 g/mol. The smallest absolute Gasteiger partial charge is 0.307 e. The molecule has 0 unspecified atom stereocenters. The first-order chi connectivity index (χ1) is 12.7. The largest absolute Gasteiger partial charge is 0.469 e. The van der Waals surface area contributed by atoms with Crippen LogP contribution in [0.4, 0.5) is 11.4 Å². The van der Waals surface area contributed by atoms with Crippen molar-refractivity contribution in [2.75, 3.05) is 30.8 Å². The summed E-state index contributed by atoms with van der Waals surface area (Å²) >= 11 is 6.03. The Balaban J connectivity index is 2.55. The van der Waals surface area contributed by atoms with Crippen LogP contribution < -0.4 is 10.6 Å². The normalized spacial score (nSPS) is 11.3. The molecule has 0 spiro atoms. The number of nitrogen functional groups attached to an aromatic ring is 1. The van der Waals surface area contributed by atoms with Gasteiger partial charge in [-0.2, -0.15) is 0 Å². The first-order valence-electron chi connectivity index (χ1n) is 8.43. The van der Waals surface area contributed by atoms with Gasteiger partial charge in [0, 0.05) is 13.1 Å². The average Bonchev–Trinajstić information content (AvgIpc) is 2.63. The van der Waals surface area contributed by atoms with E-state index in [4.69, 9.17) is 17.3 Å². The van der Waals surface area contributed by atoms with Crippen LogP contribution >= 0.6 is 11.6 Å². The number of sulfone groups is 1. The number of anilines is 2. The van der Waals surface area contributed by atoms with E-state index >= 15 is 0 Å². The number of esters is 1. The monoisotopic (exact) mass is 410 g/mol. The van der Waals surface area contributed by atoms with Crippen molar-refractivity contribution in [3.05, 3.63) is 47.0 Å². The van der Waals surface area contributed by atoms with Crippen LogP contribution in [0, 0.1) is 6.92 Å². The van der Waals surface area contributed by atoms with Gasteiger partial charge >= 0.3 is 5.97 Å². The first-order valence-corrected chi connectivity index (χ1v) is 10.3. The molecule has 0 aliphatic rings. The number of carbonyl (C=O) groups is 1. The average molecular weight is 411 g/mol. The summed E-state index contributed by atoms with van der Waals surface area (Å²) in [4.78, 5) is 13.6. The van der Waals surface area contributed by atoms with Gasteiger partial charge in [-0.05, 0) is 43.7 Å². The summed E-state index contributed by atoms with van der Waals surface area (Å²) in [6.07, 6.45) is 0.158. The van der Waals surface area contributed by atoms with Gasteiger partial charge in [0.1, 0.15) is 0 Å². The van der Waals surface area contributed by atoms with Gasteiger partial charge in [0.05, 0.1) is 39.7 Å². The second-order valence-corrected chi connectivity index (χ2v) is 8.31. The molecule has 0 aromatic heterocycles. The van der Waals surface area contributed by atoms with Crippen molar-refractivity contribution in [1.82, 2.24) is 0 Å². The van der Waals surface area contributed by atoms with Crippen LogP contribution in [0.1, 0.15) is 18.9 Å². The van der Waals surface area contributed by atoms with E-state index in [0.29, 0.717) is 30.0 Å². The summed E-state index contributed by atoms with van der Waals surface area (Å²) in [6, 6.07) is 9.54. The Labute approximate surface area is 164 Å². The lowest BCUT2D eigenvalue weighted by Gasteiger charge is -2.26. The molecule has 0 aliphatic carbocycles. The number of hydrogen-bond acceptors (Lipinski definition) is 6. The molecule has 0 aliphatic heterocycles. The van der Waals surface area contributed by atoms with E-state index in [1.54, 1.807) is 25.1 Å². The van der Waals surface area contributed by atoms with Gasteiger partial charge in [-0.15, -0.1) is 0 Å². The topological polar surface area (TPSA) is 89.7 Å². The molecule has 27 heavy (non-hydrogen) atoms. The highest BCUT2D eigenvalue weighted by atomic mass is 35.5. The molecule has 6 nitrogen and oxygen atoms in total. The molecule has 0 saturated heterocycles. The molecule has 2 aromatic rings. The molecule has 2 aromatic carbocycles. The van der Waals surface area contributed by atoms with Crippen molar-refractivity contribution >= 4 is 38.8 Å². The zero-order valence-electron chi connectivity index (χ0n) is 15.5. The number of hydrogen-bond donors (Lipinski definition) is 1. The molecule has 0 radical (unpaired) electrons. The fourth-order valence-electron chi connectivity index (χ4n) is 2.81. The predicted octanol–water partition coefficient (Wildman–Crippen LogP) is 3.45. The second kappa shape index (κ2) is 8.63.